The largest absolute Gasteiger partial charge is 0.481 e. The Morgan fingerprint density at radius 3 is 2.11 bits per heavy atom. The number of carbonyl (C=O) groups excluding carboxylic acids is 1. The van der Waals surface area contributed by atoms with Crippen molar-refractivity contribution in [2.24, 2.45) is 5.92 Å². The van der Waals surface area contributed by atoms with Crippen molar-refractivity contribution in [3.8, 4) is 0 Å². The van der Waals surface area contributed by atoms with Gasteiger partial charge in [-0.1, -0.05) is 20.8 Å². The van der Waals surface area contributed by atoms with Gasteiger partial charge in [0.1, 0.15) is 0 Å². The Bertz CT molecular complexity index is 277. The molecule has 0 aliphatic heterocycles. The second-order valence-corrected chi connectivity index (χ2v) is 5.19. The third-order valence-corrected chi connectivity index (χ3v) is 2.86. The number of carbonyl (C=O) groups is 2. The van der Waals surface area contributed by atoms with Crippen molar-refractivity contribution < 1.29 is 14.7 Å². The highest BCUT2D eigenvalue weighted by atomic mass is 16.4. The molecule has 106 valence electrons. The van der Waals surface area contributed by atoms with Crippen molar-refractivity contribution in [1.29, 1.82) is 0 Å². The van der Waals surface area contributed by atoms with Gasteiger partial charge < -0.3 is 15.3 Å². The van der Waals surface area contributed by atoms with Gasteiger partial charge in [0.15, 0.2) is 0 Å². The molecule has 0 saturated heterocycles. The minimum absolute atomic E-state index is 0.0402. The average molecular weight is 258 g/mol. The third-order valence-electron chi connectivity index (χ3n) is 2.86. The van der Waals surface area contributed by atoms with E-state index in [-0.39, 0.29) is 30.5 Å². The highest BCUT2D eigenvalue weighted by molar-refractivity contribution is 5.76. The molecule has 0 aromatic heterocycles. The number of nitrogens with zero attached hydrogens (tertiary/aromatic N) is 1. The lowest BCUT2D eigenvalue weighted by Crippen LogP contribution is -2.50. The van der Waals surface area contributed by atoms with Gasteiger partial charge in [0.2, 0.25) is 0 Å². The molecule has 0 heterocycles. The molecule has 0 aromatic rings. The van der Waals surface area contributed by atoms with E-state index in [9.17, 15) is 9.59 Å². The van der Waals surface area contributed by atoms with Gasteiger partial charge in [0.05, 0.1) is 6.42 Å². The molecule has 0 aliphatic rings. The number of aliphatic carboxylic acids is 1. The fourth-order valence-electron chi connectivity index (χ4n) is 1.72. The quantitative estimate of drug-likeness (QED) is 0.736. The van der Waals surface area contributed by atoms with Crippen LogP contribution in [0.25, 0.3) is 0 Å². The Morgan fingerprint density at radius 1 is 1.22 bits per heavy atom. The molecule has 5 heteroatoms. The molecule has 0 saturated carbocycles. The first-order chi connectivity index (χ1) is 8.29. The monoisotopic (exact) mass is 258 g/mol. The van der Waals surface area contributed by atoms with Crippen LogP contribution < -0.4 is 5.32 Å². The van der Waals surface area contributed by atoms with Gasteiger partial charge in [0.25, 0.3) is 0 Å². The molecule has 0 rings (SSSR count). The zero-order chi connectivity index (χ0) is 14.3. The van der Waals surface area contributed by atoms with E-state index in [0.717, 1.165) is 6.42 Å². The van der Waals surface area contributed by atoms with E-state index in [4.69, 9.17) is 5.11 Å². The fraction of sp³-hybridized carbons (Fsp3) is 0.846. The van der Waals surface area contributed by atoms with Crippen LogP contribution in [-0.2, 0) is 4.79 Å². The van der Waals surface area contributed by atoms with Gasteiger partial charge in [-0.05, 0) is 26.2 Å². The van der Waals surface area contributed by atoms with Crippen LogP contribution in [0.15, 0.2) is 0 Å². The summed E-state index contributed by atoms with van der Waals surface area (Å²) >= 11 is 0. The van der Waals surface area contributed by atoms with Crippen molar-refractivity contribution in [1.82, 2.24) is 10.2 Å². The zero-order valence-electron chi connectivity index (χ0n) is 12.1. The Hall–Kier alpha value is -1.26. The van der Waals surface area contributed by atoms with E-state index in [2.05, 4.69) is 5.32 Å². The summed E-state index contributed by atoms with van der Waals surface area (Å²) in [5, 5.41) is 11.7. The highest BCUT2D eigenvalue weighted by Crippen LogP contribution is 2.08. The third kappa shape index (κ3) is 5.89. The molecule has 0 radical (unpaired) electrons. The van der Waals surface area contributed by atoms with Gasteiger partial charge >= 0.3 is 12.0 Å². The van der Waals surface area contributed by atoms with Crippen molar-refractivity contribution in [2.75, 3.05) is 6.54 Å². The Morgan fingerprint density at radius 2 is 1.78 bits per heavy atom. The van der Waals surface area contributed by atoms with Gasteiger partial charge in [-0.25, -0.2) is 4.79 Å². The number of hydrogen-bond donors (Lipinski definition) is 2. The standard InChI is InChI=1S/C13H26N2O3/c1-6-7-15(10(4)5)13(18)14-11(9(2)3)8-12(16)17/h9-11H,6-8H2,1-5H3,(H,14,18)(H,16,17). The molecule has 0 aliphatic carbocycles. The second-order valence-electron chi connectivity index (χ2n) is 5.19. The SMILES string of the molecule is CCCN(C(=O)NC(CC(=O)O)C(C)C)C(C)C. The Labute approximate surface area is 110 Å². The van der Waals surface area contributed by atoms with Crippen molar-refractivity contribution in [3.63, 3.8) is 0 Å². The topological polar surface area (TPSA) is 69.6 Å². The van der Waals surface area contributed by atoms with Gasteiger partial charge in [0, 0.05) is 18.6 Å². The predicted octanol–water partition coefficient (Wildman–Crippen LogP) is 2.32. The van der Waals surface area contributed by atoms with Gasteiger partial charge in [-0.15, -0.1) is 0 Å². The van der Waals surface area contributed by atoms with Crippen LogP contribution in [0.5, 0.6) is 0 Å². The van der Waals surface area contributed by atoms with E-state index in [1.807, 2.05) is 34.6 Å². The van der Waals surface area contributed by atoms with Crippen LogP contribution in [0.1, 0.15) is 47.5 Å². The zero-order valence-corrected chi connectivity index (χ0v) is 12.1. The minimum atomic E-state index is -0.888. The van der Waals surface area contributed by atoms with Gasteiger partial charge in [-0.3, -0.25) is 4.79 Å². The number of rotatable bonds is 7. The molecule has 2 N–H and O–H groups in total. The summed E-state index contributed by atoms with van der Waals surface area (Å²) < 4.78 is 0. The summed E-state index contributed by atoms with van der Waals surface area (Å²) in [4.78, 5) is 24.6. The molecule has 0 aromatic carbocycles. The summed E-state index contributed by atoms with van der Waals surface area (Å²) in [6, 6.07) is -0.387. The van der Waals surface area contributed by atoms with Crippen LogP contribution >= 0.6 is 0 Å². The molecule has 18 heavy (non-hydrogen) atoms. The number of hydrogen-bond acceptors (Lipinski definition) is 2. The molecule has 0 spiro atoms. The van der Waals surface area contributed by atoms with Crippen molar-refractivity contribution >= 4 is 12.0 Å². The Kier molecular flexibility index (Phi) is 7.39. The van der Waals surface area contributed by atoms with Crippen LogP contribution in [0.4, 0.5) is 4.79 Å². The smallest absolute Gasteiger partial charge is 0.317 e. The molecule has 2 amide bonds. The van der Waals surface area contributed by atoms with E-state index in [0.29, 0.717) is 6.54 Å². The fourth-order valence-corrected chi connectivity index (χ4v) is 1.72. The van der Waals surface area contributed by atoms with Crippen LogP contribution in [0.3, 0.4) is 0 Å². The summed E-state index contributed by atoms with van der Waals surface area (Å²) in [6.45, 7) is 10.4. The van der Waals surface area contributed by atoms with E-state index < -0.39 is 5.97 Å². The summed E-state index contributed by atoms with van der Waals surface area (Å²) in [5.41, 5.74) is 0. The summed E-state index contributed by atoms with van der Waals surface area (Å²) in [5.74, 6) is -0.790. The van der Waals surface area contributed by atoms with Gasteiger partial charge in [-0.2, -0.15) is 0 Å². The summed E-state index contributed by atoms with van der Waals surface area (Å²) in [6.07, 6.45) is 0.846. The van der Waals surface area contributed by atoms with E-state index >= 15 is 0 Å². The highest BCUT2D eigenvalue weighted by Gasteiger charge is 2.23. The lowest BCUT2D eigenvalue weighted by molar-refractivity contribution is -0.137. The van der Waals surface area contributed by atoms with Crippen LogP contribution in [0.2, 0.25) is 0 Å². The summed E-state index contributed by atoms with van der Waals surface area (Å²) in [7, 11) is 0. The van der Waals surface area contributed by atoms with Crippen LogP contribution in [-0.4, -0.2) is 40.6 Å². The molecule has 0 bridgehead atoms. The molecular weight excluding hydrogens is 232 g/mol. The first kappa shape index (κ1) is 16.7. The lowest BCUT2D eigenvalue weighted by Gasteiger charge is -2.30. The molecule has 5 nitrogen and oxygen atoms in total. The minimum Gasteiger partial charge on any atom is -0.481 e. The molecule has 1 atom stereocenters. The molecule has 1 unspecified atom stereocenters. The second kappa shape index (κ2) is 7.95. The maximum Gasteiger partial charge on any atom is 0.317 e. The predicted molar refractivity (Wildman–Crippen MR) is 71.5 cm³/mol. The number of carboxylic acid groups (broad SMARTS) is 1. The van der Waals surface area contributed by atoms with E-state index in [1.54, 1.807) is 4.90 Å². The molecular formula is C13H26N2O3. The van der Waals surface area contributed by atoms with Crippen molar-refractivity contribution in [3.05, 3.63) is 0 Å². The Balaban J connectivity index is 4.60. The first-order valence-corrected chi connectivity index (χ1v) is 6.58. The van der Waals surface area contributed by atoms with Crippen LogP contribution in [0, 0.1) is 5.92 Å². The number of nitrogens with one attached hydrogen (secondary N) is 1. The normalized spacial score (nSPS) is 12.6. The average Bonchev–Trinajstić information content (AvgIpc) is 2.23. The number of amides is 2. The first-order valence-electron chi connectivity index (χ1n) is 6.58. The molecule has 0 fully saturated rings. The van der Waals surface area contributed by atoms with Crippen molar-refractivity contribution in [2.45, 2.75) is 59.5 Å². The maximum absolute atomic E-state index is 12.1. The maximum atomic E-state index is 12.1. The lowest BCUT2D eigenvalue weighted by atomic mass is 10.0. The van der Waals surface area contributed by atoms with E-state index in [1.165, 1.54) is 0 Å². The number of carboxylic acids is 1. The number of urea groups is 1.